The molecule has 0 aromatic heterocycles. The van der Waals surface area contributed by atoms with Crippen molar-refractivity contribution in [1.82, 2.24) is 25.3 Å². The van der Waals surface area contributed by atoms with Gasteiger partial charge in [0.15, 0.2) is 0 Å². The Balaban J connectivity index is 1.46. The van der Waals surface area contributed by atoms with Crippen LogP contribution >= 0.6 is 0 Å². The molecule has 0 spiro atoms. The number of methoxy groups -OCH3 is 2. The van der Waals surface area contributed by atoms with Gasteiger partial charge >= 0.3 is 5.97 Å². The van der Waals surface area contributed by atoms with E-state index < -0.39 is 54.2 Å². The molecule has 3 N–H and O–H groups in total. The number of aliphatic carboxylic acids is 1. The molecular formula is C41H65N5O8. The number of nitrogens with zero attached hydrogens (tertiary/aromatic N) is 3. The molecule has 1 saturated carbocycles. The van der Waals surface area contributed by atoms with E-state index >= 15 is 0 Å². The first kappa shape index (κ1) is 43.2. The molecule has 1 unspecified atom stereocenters. The van der Waals surface area contributed by atoms with Crippen LogP contribution in [0.5, 0.6) is 0 Å². The molecule has 3 fully saturated rings. The Bertz CT molecular complexity index is 1440. The van der Waals surface area contributed by atoms with Gasteiger partial charge in [0.1, 0.15) is 12.1 Å². The molecule has 13 nitrogen and oxygen atoms in total. The molecule has 4 amide bonds. The number of carbonyl (C=O) groups excluding carboxylic acids is 4. The molecule has 2 bridgehead atoms. The summed E-state index contributed by atoms with van der Waals surface area (Å²) in [5.74, 6) is -2.71. The van der Waals surface area contributed by atoms with Crippen LogP contribution in [0.4, 0.5) is 0 Å². The van der Waals surface area contributed by atoms with Crippen molar-refractivity contribution in [2.45, 2.75) is 134 Å². The highest BCUT2D eigenvalue weighted by Crippen LogP contribution is 2.41. The van der Waals surface area contributed by atoms with E-state index in [0.717, 1.165) is 37.7 Å². The van der Waals surface area contributed by atoms with E-state index in [9.17, 15) is 29.1 Å². The first-order valence-electron chi connectivity index (χ1n) is 19.9. The van der Waals surface area contributed by atoms with E-state index in [2.05, 4.69) is 15.5 Å². The SMILES string of the molecule is CC[C@H](C)[C@@H]([C@@H](CC(=O)N1CCC[C@H]1[C@H](OC)[C@@H](C)C(=O)NC(Cc1ccccc1)C(=O)O)OC)N(C)C(=O)[C@@H](NC(=O)[C@@H]1[C@H]2CC[C@H](C2)N1C)C(C)C. The molecule has 1 aromatic carbocycles. The van der Waals surface area contributed by atoms with Gasteiger partial charge < -0.3 is 35.0 Å². The van der Waals surface area contributed by atoms with Crippen LogP contribution in [0.2, 0.25) is 0 Å². The molecule has 302 valence electrons. The summed E-state index contributed by atoms with van der Waals surface area (Å²) in [6, 6.07) is 6.58. The summed E-state index contributed by atoms with van der Waals surface area (Å²) in [5, 5.41) is 15.7. The molecule has 13 heteroatoms. The van der Waals surface area contributed by atoms with Crippen molar-refractivity contribution in [1.29, 1.82) is 0 Å². The molecule has 0 radical (unpaired) electrons. The van der Waals surface area contributed by atoms with Crippen LogP contribution in [0.3, 0.4) is 0 Å². The van der Waals surface area contributed by atoms with Crippen molar-refractivity contribution in [2.75, 3.05) is 34.9 Å². The maximum Gasteiger partial charge on any atom is 0.326 e. The van der Waals surface area contributed by atoms with E-state index in [1.807, 2.05) is 65.1 Å². The van der Waals surface area contributed by atoms with Gasteiger partial charge in [-0.15, -0.1) is 0 Å². The molecule has 1 aromatic rings. The highest BCUT2D eigenvalue weighted by atomic mass is 16.5. The van der Waals surface area contributed by atoms with Crippen molar-refractivity contribution in [2.24, 2.45) is 23.7 Å². The zero-order valence-electron chi connectivity index (χ0n) is 33.8. The number of amides is 4. The lowest BCUT2D eigenvalue weighted by Crippen LogP contribution is -2.60. The van der Waals surface area contributed by atoms with Crippen LogP contribution in [0.1, 0.15) is 85.1 Å². The molecule has 2 heterocycles. The number of piperidine rings is 1. The minimum absolute atomic E-state index is 0.00342. The second-order valence-electron chi connectivity index (χ2n) is 16.2. The van der Waals surface area contributed by atoms with E-state index in [1.54, 1.807) is 30.9 Å². The lowest BCUT2D eigenvalue weighted by Gasteiger charge is -2.41. The maximum absolute atomic E-state index is 14.3. The first-order valence-corrected chi connectivity index (χ1v) is 19.9. The highest BCUT2D eigenvalue weighted by molar-refractivity contribution is 5.90. The Morgan fingerprint density at radius 1 is 0.981 bits per heavy atom. The fourth-order valence-corrected chi connectivity index (χ4v) is 9.24. The molecule has 2 saturated heterocycles. The number of hydrogen-bond donors (Lipinski definition) is 3. The number of nitrogens with one attached hydrogen (secondary N) is 2. The van der Waals surface area contributed by atoms with Gasteiger partial charge in [0.25, 0.3) is 0 Å². The van der Waals surface area contributed by atoms with Crippen LogP contribution in [0.25, 0.3) is 0 Å². The molecule has 11 atom stereocenters. The van der Waals surface area contributed by atoms with E-state index in [0.29, 0.717) is 24.9 Å². The van der Waals surface area contributed by atoms with E-state index in [4.69, 9.17) is 9.47 Å². The number of hydrogen-bond acceptors (Lipinski definition) is 8. The number of rotatable bonds is 19. The Morgan fingerprint density at radius 2 is 1.67 bits per heavy atom. The average Bonchev–Trinajstić information content (AvgIpc) is 3.90. The van der Waals surface area contributed by atoms with Gasteiger partial charge in [-0.05, 0) is 62.5 Å². The number of carboxylic acids is 1. The Kier molecular flexibility index (Phi) is 15.5. The summed E-state index contributed by atoms with van der Waals surface area (Å²) < 4.78 is 11.9. The van der Waals surface area contributed by atoms with Gasteiger partial charge in [0.2, 0.25) is 23.6 Å². The van der Waals surface area contributed by atoms with Gasteiger partial charge in [-0.3, -0.25) is 24.1 Å². The lowest BCUT2D eigenvalue weighted by atomic mass is 9.89. The summed E-state index contributed by atoms with van der Waals surface area (Å²) in [6.07, 6.45) is 4.04. The monoisotopic (exact) mass is 755 g/mol. The predicted octanol–water partition coefficient (Wildman–Crippen LogP) is 3.34. The third kappa shape index (κ3) is 9.81. The summed E-state index contributed by atoms with van der Waals surface area (Å²) in [5.41, 5.74) is 0.789. The van der Waals surface area contributed by atoms with Crippen molar-refractivity contribution < 1.29 is 38.6 Å². The molecule has 2 aliphatic heterocycles. The third-order valence-electron chi connectivity index (χ3n) is 12.6. The average molecular weight is 756 g/mol. The Labute approximate surface area is 321 Å². The van der Waals surface area contributed by atoms with E-state index in [-0.39, 0.29) is 48.4 Å². The number of ether oxygens (including phenoxy) is 2. The van der Waals surface area contributed by atoms with Crippen molar-refractivity contribution in [3.63, 3.8) is 0 Å². The minimum atomic E-state index is -1.13. The fourth-order valence-electron chi connectivity index (χ4n) is 9.24. The van der Waals surface area contributed by atoms with Crippen LogP contribution in [-0.4, -0.2) is 133 Å². The minimum Gasteiger partial charge on any atom is -0.480 e. The molecule has 4 rings (SSSR count). The highest BCUT2D eigenvalue weighted by Gasteiger charge is 2.49. The van der Waals surface area contributed by atoms with Gasteiger partial charge in [-0.25, -0.2) is 4.79 Å². The molecule has 1 aliphatic carbocycles. The van der Waals surface area contributed by atoms with Crippen LogP contribution in [-0.2, 0) is 39.9 Å². The van der Waals surface area contributed by atoms with Gasteiger partial charge in [0, 0.05) is 40.3 Å². The summed E-state index contributed by atoms with van der Waals surface area (Å²) in [4.78, 5) is 73.3. The topological polar surface area (TPSA) is 158 Å². The van der Waals surface area contributed by atoms with Crippen LogP contribution < -0.4 is 10.6 Å². The maximum atomic E-state index is 14.3. The number of carbonyl (C=O) groups is 5. The van der Waals surface area contributed by atoms with Crippen molar-refractivity contribution in [3.05, 3.63) is 35.9 Å². The van der Waals surface area contributed by atoms with E-state index in [1.165, 1.54) is 7.11 Å². The number of likely N-dealkylation sites (N-methyl/N-ethyl adjacent to an activating group) is 2. The standard InChI is InChI=1S/C41H65N5O8/c1-10-25(4)35(45(7)40(50)34(24(2)3)43-39(49)36-28-18-19-29(22-28)44(36)6)32(53-8)23-33(47)46-20-14-17-31(46)37(54-9)26(5)38(48)42-30(41(51)52)21-27-15-12-11-13-16-27/h11-13,15-16,24-26,28-32,34-37H,10,14,17-23H2,1-9H3,(H,42,48)(H,43,49)(H,51,52)/t25-,26+,28-,29+,30?,31-,32+,34-,35-,36-,37+/m0/s1. The quantitative estimate of drug-likeness (QED) is 0.193. The van der Waals surface area contributed by atoms with Gasteiger partial charge in [-0.2, -0.15) is 0 Å². The largest absolute Gasteiger partial charge is 0.480 e. The van der Waals surface area contributed by atoms with Gasteiger partial charge in [0.05, 0.1) is 42.7 Å². The molecular weight excluding hydrogens is 690 g/mol. The van der Waals surface area contributed by atoms with Crippen molar-refractivity contribution in [3.8, 4) is 0 Å². The van der Waals surface area contributed by atoms with Crippen LogP contribution in [0.15, 0.2) is 30.3 Å². The van der Waals surface area contributed by atoms with Crippen LogP contribution in [0, 0.1) is 23.7 Å². The van der Waals surface area contributed by atoms with Gasteiger partial charge in [-0.1, -0.05) is 71.4 Å². The normalized spacial score (nSPS) is 25.0. The summed E-state index contributed by atoms with van der Waals surface area (Å²) in [6.45, 7) is 10.1. The second kappa shape index (κ2) is 19.4. The number of likely N-dealkylation sites (tertiary alicyclic amines) is 2. The third-order valence-corrected chi connectivity index (χ3v) is 12.6. The zero-order valence-corrected chi connectivity index (χ0v) is 33.8. The van der Waals surface area contributed by atoms with Crippen molar-refractivity contribution >= 4 is 29.6 Å². The zero-order chi connectivity index (χ0) is 39.9. The summed E-state index contributed by atoms with van der Waals surface area (Å²) >= 11 is 0. The first-order chi connectivity index (χ1) is 25.6. The molecule has 54 heavy (non-hydrogen) atoms. The Morgan fingerprint density at radius 3 is 2.22 bits per heavy atom. The summed E-state index contributed by atoms with van der Waals surface area (Å²) in [7, 11) is 6.80. The predicted molar refractivity (Wildman–Crippen MR) is 205 cm³/mol. The lowest BCUT2D eigenvalue weighted by molar-refractivity contribution is -0.148. The number of fused-ring (bicyclic) bond motifs is 2. The number of carboxylic acid groups (broad SMARTS) is 1. The second-order valence-corrected chi connectivity index (χ2v) is 16.2. The number of benzene rings is 1. The smallest absolute Gasteiger partial charge is 0.326 e. The fraction of sp³-hybridized carbons (Fsp3) is 0.732. The Hall–Kier alpha value is -3.55. The molecule has 3 aliphatic rings.